The molecule has 0 fully saturated rings. The second-order valence-corrected chi connectivity index (χ2v) is 6.48. The summed E-state index contributed by atoms with van der Waals surface area (Å²) in [5, 5.41) is 0. The minimum Gasteiger partial charge on any atom is -0.496 e. The van der Waals surface area contributed by atoms with Gasteiger partial charge in [-0.2, -0.15) is 0 Å². The van der Waals surface area contributed by atoms with E-state index < -0.39 is 0 Å². The lowest BCUT2D eigenvalue weighted by Gasteiger charge is -2.06. The summed E-state index contributed by atoms with van der Waals surface area (Å²) in [5.41, 5.74) is 0.927. The van der Waals surface area contributed by atoms with Crippen molar-refractivity contribution in [1.82, 2.24) is 0 Å². The molecule has 0 aliphatic rings. The molecule has 0 spiro atoms. The highest BCUT2D eigenvalue weighted by Crippen LogP contribution is 2.29. The lowest BCUT2D eigenvalue weighted by atomic mass is 10.2. The number of thioether (sulfide) groups is 1. The summed E-state index contributed by atoms with van der Waals surface area (Å²) in [7, 11) is 1.64. The molecule has 0 aliphatic heterocycles. The average Bonchev–Trinajstić information content (AvgIpc) is 2.91. The number of hydrogen-bond donors (Lipinski definition) is 0. The van der Waals surface area contributed by atoms with Crippen LogP contribution in [0.3, 0.4) is 0 Å². The first-order valence-corrected chi connectivity index (χ1v) is 8.25. The molecule has 2 nitrogen and oxygen atoms in total. The van der Waals surface area contributed by atoms with Gasteiger partial charge < -0.3 is 4.74 Å². The van der Waals surface area contributed by atoms with Gasteiger partial charge in [-0.3, -0.25) is 4.79 Å². The number of carbonyl (C=O) groups excluding carboxylic acids is 1. The van der Waals surface area contributed by atoms with Crippen molar-refractivity contribution in [2.75, 3.05) is 13.4 Å². The summed E-state index contributed by atoms with van der Waals surface area (Å²) in [5.74, 6) is 0.765. The van der Waals surface area contributed by atoms with Crippen molar-refractivity contribution < 1.29 is 9.53 Å². The first-order chi connectivity index (χ1) is 9.63. The predicted octanol–water partition coefficient (Wildman–Crippen LogP) is 5.03. The largest absolute Gasteiger partial charge is 0.496 e. The zero-order valence-electron chi connectivity index (χ0n) is 11.1. The lowest BCUT2D eigenvalue weighted by Crippen LogP contribution is -1.90. The topological polar surface area (TPSA) is 26.3 Å². The summed E-state index contributed by atoms with van der Waals surface area (Å²) >= 11 is 8.72. The maximum atomic E-state index is 11.9. The van der Waals surface area contributed by atoms with Gasteiger partial charge in [0.05, 0.1) is 16.3 Å². The van der Waals surface area contributed by atoms with E-state index in [1.165, 1.54) is 11.3 Å². The van der Waals surface area contributed by atoms with E-state index >= 15 is 0 Å². The molecule has 0 unspecified atom stereocenters. The minimum absolute atomic E-state index is 0.0465. The highest BCUT2D eigenvalue weighted by Gasteiger charge is 2.06. The van der Waals surface area contributed by atoms with Crippen LogP contribution in [0.4, 0.5) is 0 Å². The van der Waals surface area contributed by atoms with E-state index in [1.807, 2.05) is 24.5 Å². The van der Waals surface area contributed by atoms with Gasteiger partial charge in [0, 0.05) is 4.90 Å². The Morgan fingerprint density at radius 2 is 2.15 bits per heavy atom. The van der Waals surface area contributed by atoms with E-state index in [0.717, 1.165) is 16.2 Å². The van der Waals surface area contributed by atoms with Crippen molar-refractivity contribution in [3.8, 4) is 5.75 Å². The Balaban J connectivity index is 2.17. The summed E-state index contributed by atoms with van der Waals surface area (Å²) in [6, 6.07) is 9.31. The average molecular weight is 325 g/mol. The number of benzene rings is 1. The van der Waals surface area contributed by atoms with E-state index in [1.54, 1.807) is 43.2 Å². The van der Waals surface area contributed by atoms with Gasteiger partial charge in [0.25, 0.3) is 0 Å². The van der Waals surface area contributed by atoms with Crippen LogP contribution in [-0.4, -0.2) is 19.1 Å². The van der Waals surface area contributed by atoms with Gasteiger partial charge in [-0.25, -0.2) is 0 Å². The third kappa shape index (κ3) is 3.66. The van der Waals surface area contributed by atoms with Gasteiger partial charge >= 0.3 is 0 Å². The van der Waals surface area contributed by atoms with Crippen molar-refractivity contribution in [2.24, 2.45) is 0 Å². The van der Waals surface area contributed by atoms with Crippen LogP contribution < -0.4 is 4.74 Å². The fourth-order valence-corrected chi connectivity index (χ4v) is 3.17. The number of halogens is 1. The van der Waals surface area contributed by atoms with Crippen LogP contribution >= 0.6 is 34.7 Å². The smallest absolute Gasteiger partial charge is 0.195 e. The van der Waals surface area contributed by atoms with Crippen molar-refractivity contribution in [1.29, 1.82) is 0 Å². The molecule has 2 rings (SSSR count). The van der Waals surface area contributed by atoms with Crippen LogP contribution in [0.5, 0.6) is 5.75 Å². The van der Waals surface area contributed by atoms with E-state index in [0.29, 0.717) is 9.21 Å². The number of ether oxygens (including phenoxy) is 1. The number of hydrogen-bond acceptors (Lipinski definition) is 4. The Morgan fingerprint density at radius 1 is 1.35 bits per heavy atom. The Bertz CT molecular complexity index is 647. The molecule has 0 bridgehead atoms. The molecular weight excluding hydrogens is 312 g/mol. The molecule has 0 amide bonds. The maximum absolute atomic E-state index is 11.9. The van der Waals surface area contributed by atoms with Crippen LogP contribution in [0.2, 0.25) is 4.34 Å². The Morgan fingerprint density at radius 3 is 2.75 bits per heavy atom. The third-order valence-corrected chi connectivity index (χ3v) is 4.67. The number of rotatable bonds is 5. The van der Waals surface area contributed by atoms with Gasteiger partial charge in [-0.15, -0.1) is 23.1 Å². The van der Waals surface area contributed by atoms with Gasteiger partial charge in [-0.05, 0) is 42.2 Å². The maximum Gasteiger partial charge on any atom is 0.195 e. The molecule has 20 heavy (non-hydrogen) atoms. The van der Waals surface area contributed by atoms with Gasteiger partial charge in [0.15, 0.2) is 5.78 Å². The molecule has 2 aromatic rings. The van der Waals surface area contributed by atoms with E-state index in [2.05, 4.69) is 0 Å². The number of thiophene rings is 1. The molecule has 0 atom stereocenters. The van der Waals surface area contributed by atoms with Gasteiger partial charge in [-0.1, -0.05) is 23.7 Å². The van der Waals surface area contributed by atoms with Crippen LogP contribution in [0.25, 0.3) is 6.08 Å². The van der Waals surface area contributed by atoms with E-state index in [9.17, 15) is 4.79 Å². The fraction of sp³-hybridized carbons (Fsp3) is 0.133. The van der Waals surface area contributed by atoms with Crippen molar-refractivity contribution >= 4 is 46.6 Å². The molecule has 1 aromatic heterocycles. The molecule has 0 saturated heterocycles. The number of carbonyl (C=O) groups is 1. The quantitative estimate of drug-likeness (QED) is 0.438. The van der Waals surface area contributed by atoms with Crippen molar-refractivity contribution in [3.05, 3.63) is 51.2 Å². The minimum atomic E-state index is -0.0465. The summed E-state index contributed by atoms with van der Waals surface area (Å²) in [6.07, 6.45) is 5.33. The third-order valence-electron chi connectivity index (χ3n) is 2.65. The van der Waals surface area contributed by atoms with Crippen LogP contribution in [-0.2, 0) is 0 Å². The normalized spacial score (nSPS) is 10.9. The SMILES string of the molecule is COc1cc(C=CC(=O)c2ccc(Cl)s2)ccc1SC. The molecule has 0 aliphatic carbocycles. The lowest BCUT2D eigenvalue weighted by molar-refractivity contribution is 0.105. The van der Waals surface area contributed by atoms with Crippen LogP contribution in [0.15, 0.2) is 41.3 Å². The highest BCUT2D eigenvalue weighted by molar-refractivity contribution is 7.98. The molecule has 5 heteroatoms. The standard InChI is InChI=1S/C15H13ClO2S2/c1-18-12-9-10(4-6-14(12)19-2)3-5-11(17)13-7-8-15(16)20-13/h3-9H,1-2H3. The first kappa shape index (κ1) is 15.2. The Kier molecular flexibility index (Phi) is 5.29. The summed E-state index contributed by atoms with van der Waals surface area (Å²) in [4.78, 5) is 13.6. The monoisotopic (exact) mass is 324 g/mol. The van der Waals surface area contributed by atoms with Crippen LogP contribution in [0.1, 0.15) is 15.2 Å². The summed E-state index contributed by atoms with van der Waals surface area (Å²) < 4.78 is 5.93. The molecule has 104 valence electrons. The molecular formula is C15H13ClO2S2. The highest BCUT2D eigenvalue weighted by atomic mass is 35.5. The van der Waals surface area contributed by atoms with E-state index in [4.69, 9.17) is 16.3 Å². The van der Waals surface area contributed by atoms with Gasteiger partial charge in [0.1, 0.15) is 5.75 Å². The predicted molar refractivity (Wildman–Crippen MR) is 87.5 cm³/mol. The summed E-state index contributed by atoms with van der Waals surface area (Å²) in [6.45, 7) is 0. The van der Waals surface area contributed by atoms with E-state index in [-0.39, 0.29) is 5.78 Å². The molecule has 0 radical (unpaired) electrons. The number of methoxy groups -OCH3 is 1. The molecule has 0 saturated carbocycles. The zero-order chi connectivity index (χ0) is 14.5. The Labute approximate surface area is 131 Å². The molecule has 1 heterocycles. The Hall–Kier alpha value is -1.23. The van der Waals surface area contributed by atoms with Gasteiger partial charge in [0.2, 0.25) is 0 Å². The number of allylic oxidation sites excluding steroid dienone is 1. The zero-order valence-corrected chi connectivity index (χ0v) is 13.4. The molecule has 1 aromatic carbocycles. The van der Waals surface area contributed by atoms with Crippen molar-refractivity contribution in [3.63, 3.8) is 0 Å². The van der Waals surface area contributed by atoms with Crippen molar-refractivity contribution in [2.45, 2.75) is 4.90 Å². The number of ketones is 1. The fourth-order valence-electron chi connectivity index (χ4n) is 1.66. The first-order valence-electron chi connectivity index (χ1n) is 5.84. The molecule has 0 N–H and O–H groups in total. The van der Waals surface area contributed by atoms with Crippen LogP contribution in [0, 0.1) is 0 Å². The second-order valence-electron chi connectivity index (χ2n) is 3.92. The second kappa shape index (κ2) is 6.97.